The van der Waals surface area contributed by atoms with Gasteiger partial charge in [-0.05, 0) is 117 Å². The predicted molar refractivity (Wildman–Crippen MR) is 173 cm³/mol. The van der Waals surface area contributed by atoms with Crippen molar-refractivity contribution in [1.29, 1.82) is 0 Å². The first-order valence-electron chi connectivity index (χ1n) is 15.9. The fourth-order valence-electron chi connectivity index (χ4n) is 8.98. The molecule has 0 aliphatic heterocycles. The first-order chi connectivity index (χ1) is 19.3. The van der Waals surface area contributed by atoms with Crippen LogP contribution < -0.4 is 0 Å². The summed E-state index contributed by atoms with van der Waals surface area (Å²) in [5, 5.41) is 5.72. The van der Waals surface area contributed by atoms with Crippen LogP contribution in [0.25, 0.3) is 32.7 Å². The largest absolute Gasteiger partial charge is 0.0657 e. The molecule has 1 spiro atoms. The van der Waals surface area contributed by atoms with Crippen LogP contribution in [0.5, 0.6) is 0 Å². The van der Waals surface area contributed by atoms with Crippen molar-refractivity contribution in [3.05, 3.63) is 106 Å². The molecule has 0 aromatic heterocycles. The van der Waals surface area contributed by atoms with Gasteiger partial charge in [0.15, 0.2) is 0 Å². The number of rotatable bonds is 6. The van der Waals surface area contributed by atoms with Crippen LogP contribution in [-0.2, 0) is 10.8 Å². The van der Waals surface area contributed by atoms with Gasteiger partial charge in [0.1, 0.15) is 0 Å². The van der Waals surface area contributed by atoms with Gasteiger partial charge in [0, 0.05) is 10.8 Å². The second-order valence-corrected chi connectivity index (χ2v) is 13.5. The molecule has 0 amide bonds. The maximum atomic E-state index is 2.75. The van der Waals surface area contributed by atoms with Crippen LogP contribution in [-0.4, -0.2) is 0 Å². The van der Waals surface area contributed by atoms with Crippen LogP contribution in [0.15, 0.2) is 77.9 Å². The summed E-state index contributed by atoms with van der Waals surface area (Å²) in [4.78, 5) is 0. The van der Waals surface area contributed by atoms with Crippen molar-refractivity contribution in [3.8, 4) is 11.1 Å². The SMILES string of the molecule is CCC(CC)C1=CC2(CC(C(CC)CC)=C1)c1cc3cc(C)ccc3c3c1-c1c2ccc2cccc(c12)C3(C)C. The van der Waals surface area contributed by atoms with E-state index in [-0.39, 0.29) is 10.8 Å². The molecule has 204 valence electrons. The van der Waals surface area contributed by atoms with E-state index in [1.54, 1.807) is 33.4 Å². The Kier molecular flexibility index (Phi) is 5.77. The van der Waals surface area contributed by atoms with Gasteiger partial charge in [-0.3, -0.25) is 0 Å². The van der Waals surface area contributed by atoms with E-state index in [9.17, 15) is 0 Å². The molecule has 40 heavy (non-hydrogen) atoms. The van der Waals surface area contributed by atoms with Crippen molar-refractivity contribution >= 4 is 21.5 Å². The molecule has 0 fully saturated rings. The molecule has 1 unspecified atom stereocenters. The lowest BCUT2D eigenvalue weighted by atomic mass is 9.65. The van der Waals surface area contributed by atoms with Crippen molar-refractivity contribution in [2.45, 2.75) is 91.4 Å². The maximum Gasteiger partial charge on any atom is 0.0437 e. The van der Waals surface area contributed by atoms with Gasteiger partial charge in [0.25, 0.3) is 0 Å². The van der Waals surface area contributed by atoms with E-state index in [1.165, 1.54) is 63.9 Å². The van der Waals surface area contributed by atoms with Gasteiger partial charge in [0.05, 0.1) is 0 Å². The zero-order chi connectivity index (χ0) is 28.0. The van der Waals surface area contributed by atoms with Gasteiger partial charge in [-0.2, -0.15) is 0 Å². The van der Waals surface area contributed by atoms with Crippen LogP contribution in [0, 0.1) is 18.8 Å². The van der Waals surface area contributed by atoms with E-state index < -0.39 is 0 Å². The van der Waals surface area contributed by atoms with Crippen molar-refractivity contribution in [2.24, 2.45) is 11.8 Å². The summed E-state index contributed by atoms with van der Waals surface area (Å²) in [5.41, 5.74) is 13.6. The molecule has 4 aromatic carbocycles. The molecule has 0 radical (unpaired) electrons. The van der Waals surface area contributed by atoms with Crippen LogP contribution >= 0.6 is 0 Å². The molecule has 0 heteroatoms. The summed E-state index contributed by atoms with van der Waals surface area (Å²) in [6.07, 6.45) is 11.3. The lowest BCUT2D eigenvalue weighted by Gasteiger charge is -2.38. The number of aryl methyl sites for hydroxylation is 1. The molecular formula is C40H44. The molecule has 0 N–H and O–H groups in total. The number of benzene rings is 4. The Labute approximate surface area is 241 Å². The van der Waals surface area contributed by atoms with E-state index >= 15 is 0 Å². The molecule has 0 nitrogen and oxygen atoms in total. The van der Waals surface area contributed by atoms with Gasteiger partial charge in [-0.1, -0.05) is 113 Å². The van der Waals surface area contributed by atoms with Crippen LogP contribution in [0.4, 0.5) is 0 Å². The molecule has 3 aliphatic rings. The van der Waals surface area contributed by atoms with E-state index in [0.717, 1.165) is 6.42 Å². The van der Waals surface area contributed by atoms with E-state index in [1.807, 2.05) is 0 Å². The summed E-state index contributed by atoms with van der Waals surface area (Å²) in [6, 6.07) is 21.7. The summed E-state index contributed by atoms with van der Waals surface area (Å²) < 4.78 is 0. The van der Waals surface area contributed by atoms with Crippen molar-refractivity contribution in [2.75, 3.05) is 0 Å². The summed E-state index contributed by atoms with van der Waals surface area (Å²) in [5.74, 6) is 1.25. The number of fused-ring (bicyclic) bond motifs is 4. The molecule has 7 rings (SSSR count). The van der Waals surface area contributed by atoms with Crippen LogP contribution in [0.3, 0.4) is 0 Å². The third-order valence-corrected chi connectivity index (χ3v) is 11.1. The Bertz CT molecular complexity index is 1750. The highest BCUT2D eigenvalue weighted by Gasteiger charge is 2.50. The second kappa shape index (κ2) is 8.94. The zero-order valence-corrected chi connectivity index (χ0v) is 25.5. The smallest absolute Gasteiger partial charge is 0.0437 e. The molecule has 0 saturated carbocycles. The summed E-state index contributed by atoms with van der Waals surface area (Å²) in [7, 11) is 0. The van der Waals surface area contributed by atoms with Crippen molar-refractivity contribution in [1.82, 2.24) is 0 Å². The first kappa shape index (κ1) is 25.8. The van der Waals surface area contributed by atoms with E-state index in [4.69, 9.17) is 0 Å². The van der Waals surface area contributed by atoms with Gasteiger partial charge in [0.2, 0.25) is 0 Å². The molecule has 0 saturated heterocycles. The Morgan fingerprint density at radius 3 is 2.20 bits per heavy atom. The van der Waals surface area contributed by atoms with E-state index in [0.29, 0.717) is 11.8 Å². The molecule has 0 heterocycles. The highest BCUT2D eigenvalue weighted by Crippen LogP contribution is 2.64. The molecule has 3 aliphatic carbocycles. The minimum absolute atomic E-state index is 0.0693. The molecule has 0 bridgehead atoms. The topological polar surface area (TPSA) is 0 Å². The first-order valence-corrected chi connectivity index (χ1v) is 15.9. The molecule has 4 aromatic rings. The lowest BCUT2D eigenvalue weighted by molar-refractivity contribution is 0.490. The lowest BCUT2D eigenvalue weighted by Crippen LogP contribution is -2.29. The second-order valence-electron chi connectivity index (χ2n) is 13.5. The molecule has 1 atom stereocenters. The quantitative estimate of drug-likeness (QED) is 0.235. The van der Waals surface area contributed by atoms with E-state index in [2.05, 4.69) is 115 Å². The maximum absolute atomic E-state index is 2.75. The fourth-order valence-corrected chi connectivity index (χ4v) is 8.98. The highest BCUT2D eigenvalue weighted by atomic mass is 14.5. The Morgan fingerprint density at radius 2 is 1.48 bits per heavy atom. The fraction of sp³-hybridized carbons (Fsp3) is 0.400. The Balaban J connectivity index is 1.67. The van der Waals surface area contributed by atoms with Crippen molar-refractivity contribution < 1.29 is 0 Å². The van der Waals surface area contributed by atoms with Gasteiger partial charge in [-0.25, -0.2) is 0 Å². The van der Waals surface area contributed by atoms with Gasteiger partial charge < -0.3 is 0 Å². The minimum Gasteiger partial charge on any atom is -0.0657 e. The van der Waals surface area contributed by atoms with Gasteiger partial charge >= 0.3 is 0 Å². The third-order valence-electron chi connectivity index (χ3n) is 11.1. The minimum atomic E-state index is -0.107. The Morgan fingerprint density at radius 1 is 0.725 bits per heavy atom. The van der Waals surface area contributed by atoms with Gasteiger partial charge in [-0.15, -0.1) is 0 Å². The zero-order valence-electron chi connectivity index (χ0n) is 25.5. The average Bonchev–Trinajstić information content (AvgIpc) is 3.20. The third kappa shape index (κ3) is 3.26. The summed E-state index contributed by atoms with van der Waals surface area (Å²) >= 11 is 0. The average molecular weight is 525 g/mol. The normalized spacial score (nSPS) is 20.2. The summed E-state index contributed by atoms with van der Waals surface area (Å²) in [6.45, 7) is 16.7. The number of hydrogen-bond acceptors (Lipinski definition) is 0. The highest BCUT2D eigenvalue weighted by molar-refractivity contribution is 6.12. The standard InChI is InChI=1S/C40H44/c1-8-25(9-2)29-20-30(26(10-3)11-4)23-40(22-29)33-18-16-27-13-12-14-32-35(27)36(33)37-34(40)21-28-19-24(5)15-17-31(28)38(37)39(32,6)7/h12-22,25-26H,8-11,23H2,1-7H3. The van der Waals surface area contributed by atoms with Crippen LogP contribution in [0.2, 0.25) is 0 Å². The number of hydrogen-bond donors (Lipinski definition) is 0. The Hall–Kier alpha value is -3.12. The van der Waals surface area contributed by atoms with Crippen LogP contribution in [0.1, 0.15) is 101 Å². The predicted octanol–water partition coefficient (Wildman–Crippen LogP) is 11.3. The number of allylic oxidation sites excluding steroid dienone is 4. The molecular weight excluding hydrogens is 480 g/mol. The van der Waals surface area contributed by atoms with Crippen molar-refractivity contribution in [3.63, 3.8) is 0 Å². The monoisotopic (exact) mass is 524 g/mol.